The van der Waals surface area contributed by atoms with Crippen LogP contribution in [0.5, 0.6) is 0 Å². The molecule has 0 bridgehead atoms. The van der Waals surface area contributed by atoms with Crippen LogP contribution in [0.2, 0.25) is 0 Å². The molecule has 0 saturated carbocycles. The number of imidazole rings is 1. The fraction of sp³-hybridized carbons (Fsp3) is 0. The van der Waals surface area contributed by atoms with Crippen molar-refractivity contribution in [1.29, 1.82) is 0 Å². The minimum Gasteiger partial charge on any atom is -0.455 e. The van der Waals surface area contributed by atoms with Crippen molar-refractivity contribution in [2.45, 2.75) is 0 Å². The first-order valence-corrected chi connectivity index (χ1v) is 13.5. The number of nitrogens with zero attached hydrogens (tertiary/aromatic N) is 2. The van der Waals surface area contributed by atoms with Crippen molar-refractivity contribution >= 4 is 33.0 Å². The van der Waals surface area contributed by atoms with Gasteiger partial charge in [-0.3, -0.25) is 4.57 Å². The Labute approximate surface area is 231 Å². The Balaban J connectivity index is 1.45. The van der Waals surface area contributed by atoms with Gasteiger partial charge in [-0.2, -0.15) is 0 Å². The molecule has 2 heterocycles. The number of rotatable bonds is 4. The van der Waals surface area contributed by atoms with Crippen LogP contribution in [0.4, 0.5) is 0 Å². The predicted octanol–water partition coefficient (Wildman–Crippen LogP) is 9.93. The average Bonchev–Trinajstić information content (AvgIpc) is 3.60. The van der Waals surface area contributed by atoms with E-state index in [-0.39, 0.29) is 0 Å². The van der Waals surface area contributed by atoms with E-state index in [1.807, 2.05) is 18.2 Å². The summed E-state index contributed by atoms with van der Waals surface area (Å²) in [5, 5.41) is 2.20. The Kier molecular flexibility index (Phi) is 5.14. The zero-order valence-electron chi connectivity index (χ0n) is 21.7. The minimum absolute atomic E-state index is 0.849. The van der Waals surface area contributed by atoms with E-state index in [4.69, 9.17) is 9.40 Å². The lowest BCUT2D eigenvalue weighted by Crippen LogP contribution is -2.01. The van der Waals surface area contributed by atoms with Gasteiger partial charge in [0.15, 0.2) is 0 Å². The first-order valence-electron chi connectivity index (χ1n) is 13.5. The lowest BCUT2D eigenvalue weighted by Gasteiger charge is -2.17. The van der Waals surface area contributed by atoms with Crippen LogP contribution in [-0.2, 0) is 0 Å². The van der Waals surface area contributed by atoms with Crippen molar-refractivity contribution in [1.82, 2.24) is 9.55 Å². The molecule has 0 atom stereocenters. The van der Waals surface area contributed by atoms with Gasteiger partial charge in [-0.15, -0.1) is 0 Å². The number of hydrogen-bond acceptors (Lipinski definition) is 2. The fourth-order valence-electron chi connectivity index (χ4n) is 5.76. The van der Waals surface area contributed by atoms with E-state index >= 15 is 0 Å². The Morgan fingerprint density at radius 2 is 1.20 bits per heavy atom. The van der Waals surface area contributed by atoms with Gasteiger partial charge in [0.2, 0.25) is 0 Å². The Morgan fingerprint density at radius 3 is 2.05 bits per heavy atom. The second kappa shape index (κ2) is 9.11. The van der Waals surface area contributed by atoms with E-state index in [0.717, 1.165) is 61.2 Å². The van der Waals surface area contributed by atoms with E-state index in [9.17, 15) is 0 Å². The van der Waals surface area contributed by atoms with Crippen molar-refractivity contribution in [3.63, 3.8) is 0 Å². The van der Waals surface area contributed by atoms with Crippen LogP contribution in [0.15, 0.2) is 150 Å². The van der Waals surface area contributed by atoms with Gasteiger partial charge in [0.05, 0.1) is 22.3 Å². The van der Waals surface area contributed by atoms with Gasteiger partial charge in [0, 0.05) is 16.3 Å². The molecule has 0 fully saturated rings. The third kappa shape index (κ3) is 3.56. The monoisotopic (exact) mass is 512 g/mol. The van der Waals surface area contributed by atoms with E-state index in [2.05, 4.69) is 132 Å². The second-order valence-corrected chi connectivity index (χ2v) is 10.0. The molecule has 3 nitrogen and oxygen atoms in total. The van der Waals surface area contributed by atoms with Gasteiger partial charge in [-0.25, -0.2) is 4.98 Å². The maximum absolute atomic E-state index is 6.46. The van der Waals surface area contributed by atoms with Crippen LogP contribution in [0.3, 0.4) is 0 Å². The number of hydrogen-bond donors (Lipinski definition) is 0. The quantitative estimate of drug-likeness (QED) is 0.235. The van der Waals surface area contributed by atoms with Gasteiger partial charge >= 0.3 is 0 Å². The van der Waals surface area contributed by atoms with Gasteiger partial charge in [-0.1, -0.05) is 109 Å². The molecule has 40 heavy (non-hydrogen) atoms. The molecule has 0 N–H and O–H groups in total. The highest BCUT2D eigenvalue weighted by molar-refractivity contribution is 6.09. The van der Waals surface area contributed by atoms with Gasteiger partial charge in [-0.05, 0) is 53.1 Å². The molecular formula is C37H24N2O. The average molecular weight is 513 g/mol. The highest BCUT2D eigenvalue weighted by Gasteiger charge is 2.21. The van der Waals surface area contributed by atoms with Crippen LogP contribution in [0.25, 0.3) is 72.3 Å². The molecule has 0 aliphatic carbocycles. The molecule has 3 heteroatoms. The van der Waals surface area contributed by atoms with Gasteiger partial charge in [0.1, 0.15) is 17.0 Å². The van der Waals surface area contributed by atoms with E-state index in [1.165, 1.54) is 11.1 Å². The van der Waals surface area contributed by atoms with Crippen molar-refractivity contribution in [3.8, 4) is 39.3 Å². The summed E-state index contributed by atoms with van der Waals surface area (Å²) in [6.45, 7) is 0. The summed E-state index contributed by atoms with van der Waals surface area (Å²) < 4.78 is 8.75. The molecule has 8 rings (SSSR count). The summed E-state index contributed by atoms with van der Waals surface area (Å²) in [5.41, 5.74) is 10.4. The summed E-state index contributed by atoms with van der Waals surface area (Å²) in [6.07, 6.45) is 0. The zero-order chi connectivity index (χ0) is 26.5. The minimum atomic E-state index is 0.849. The SMILES string of the molecule is c1ccc(-c2ccc(-n3c(-c4cccc5c4oc4ccccc45)nc4ccccc43)c(-c3ccccc3)c2)cc1. The fourth-order valence-corrected chi connectivity index (χ4v) is 5.76. The topological polar surface area (TPSA) is 31.0 Å². The van der Waals surface area contributed by atoms with Crippen LogP contribution in [0, 0.1) is 0 Å². The molecule has 2 aromatic heterocycles. The lowest BCUT2D eigenvalue weighted by molar-refractivity contribution is 0.669. The number of para-hydroxylation sites is 4. The highest BCUT2D eigenvalue weighted by atomic mass is 16.3. The molecule has 188 valence electrons. The molecule has 0 spiro atoms. The molecule has 6 aromatic carbocycles. The van der Waals surface area contributed by atoms with E-state index in [0.29, 0.717) is 0 Å². The molecule has 0 aliphatic heterocycles. The summed E-state index contributed by atoms with van der Waals surface area (Å²) in [6, 6.07) is 50.7. The predicted molar refractivity (Wildman–Crippen MR) is 165 cm³/mol. The molecular weight excluding hydrogens is 488 g/mol. The summed E-state index contributed by atoms with van der Waals surface area (Å²) >= 11 is 0. The lowest BCUT2D eigenvalue weighted by atomic mass is 9.97. The Morgan fingerprint density at radius 1 is 0.500 bits per heavy atom. The number of aromatic nitrogens is 2. The Bertz CT molecular complexity index is 2150. The molecule has 0 unspecified atom stereocenters. The summed E-state index contributed by atoms with van der Waals surface area (Å²) in [7, 11) is 0. The van der Waals surface area contributed by atoms with E-state index in [1.54, 1.807) is 0 Å². The zero-order valence-corrected chi connectivity index (χ0v) is 21.7. The van der Waals surface area contributed by atoms with Crippen LogP contribution in [-0.4, -0.2) is 9.55 Å². The molecule has 0 radical (unpaired) electrons. The largest absolute Gasteiger partial charge is 0.455 e. The second-order valence-electron chi connectivity index (χ2n) is 10.0. The normalized spacial score (nSPS) is 11.5. The number of furan rings is 1. The summed E-state index contributed by atoms with van der Waals surface area (Å²) in [4.78, 5) is 5.20. The molecule has 0 saturated heterocycles. The van der Waals surface area contributed by atoms with E-state index < -0.39 is 0 Å². The maximum Gasteiger partial charge on any atom is 0.149 e. The van der Waals surface area contributed by atoms with Gasteiger partial charge < -0.3 is 4.42 Å². The Hall–Kier alpha value is -5.41. The molecule has 0 amide bonds. The van der Waals surface area contributed by atoms with Crippen molar-refractivity contribution in [3.05, 3.63) is 146 Å². The summed E-state index contributed by atoms with van der Waals surface area (Å²) in [5.74, 6) is 0.857. The number of benzene rings is 6. The van der Waals surface area contributed by atoms with Crippen molar-refractivity contribution in [2.75, 3.05) is 0 Å². The highest BCUT2D eigenvalue weighted by Crippen LogP contribution is 2.40. The third-order valence-electron chi connectivity index (χ3n) is 7.64. The van der Waals surface area contributed by atoms with Gasteiger partial charge in [0.25, 0.3) is 0 Å². The first-order chi connectivity index (χ1) is 19.8. The van der Waals surface area contributed by atoms with Crippen LogP contribution in [0.1, 0.15) is 0 Å². The first kappa shape index (κ1) is 22.6. The molecule has 8 aromatic rings. The standard InChI is InChI=1S/C37H24N2O/c1-3-12-25(13-4-1)27-22-23-33(31(24-27)26-14-5-2-6-15-26)39-34-20-9-8-19-32(34)38-37(39)30-18-11-17-29-28-16-7-10-21-35(28)40-36(29)30/h1-24H. The number of fused-ring (bicyclic) bond motifs is 4. The maximum atomic E-state index is 6.46. The molecule has 0 aliphatic rings. The third-order valence-corrected chi connectivity index (χ3v) is 7.64. The van der Waals surface area contributed by atoms with Crippen molar-refractivity contribution < 1.29 is 4.42 Å². The van der Waals surface area contributed by atoms with Crippen molar-refractivity contribution in [2.24, 2.45) is 0 Å². The van der Waals surface area contributed by atoms with Crippen LogP contribution < -0.4 is 0 Å². The smallest absolute Gasteiger partial charge is 0.149 e. The van der Waals surface area contributed by atoms with Crippen LogP contribution >= 0.6 is 0 Å².